The lowest BCUT2D eigenvalue weighted by molar-refractivity contribution is -0.134. The molecule has 0 radical (unpaired) electrons. The van der Waals surface area contributed by atoms with E-state index in [0.29, 0.717) is 12.2 Å². The molecule has 0 bridgehead atoms. The first-order valence-electron chi connectivity index (χ1n) is 13.9. The maximum absolute atomic E-state index is 14.5. The SMILES string of the molecule is CCCCCCCCCC(=O)Oc1ccc(C(=O)Oc2ccc(C(=O)OCCCCCCC)cc2)c(F)c1. The summed E-state index contributed by atoms with van der Waals surface area (Å²) in [5.41, 5.74) is 0.0515. The van der Waals surface area contributed by atoms with Gasteiger partial charge in [-0.15, -0.1) is 0 Å². The predicted molar refractivity (Wildman–Crippen MR) is 145 cm³/mol. The highest BCUT2D eigenvalue weighted by molar-refractivity contribution is 5.92. The Morgan fingerprint density at radius 2 is 1.24 bits per heavy atom. The molecule has 0 spiro atoms. The smallest absolute Gasteiger partial charge is 0.346 e. The maximum atomic E-state index is 14.5. The molecule has 0 unspecified atom stereocenters. The minimum absolute atomic E-state index is 0.0419. The van der Waals surface area contributed by atoms with E-state index in [2.05, 4.69) is 13.8 Å². The molecule has 7 heteroatoms. The standard InChI is InChI=1S/C31H41FO6/c1-3-5-7-9-10-11-13-15-29(33)37-26-20-21-27(28(32)23-26)31(35)38-25-18-16-24(17-19-25)30(34)36-22-14-12-8-6-4-2/h16-21,23H,3-15,22H2,1-2H3. The number of hydrogen-bond acceptors (Lipinski definition) is 6. The molecule has 0 N–H and O–H groups in total. The number of ether oxygens (including phenoxy) is 3. The van der Waals surface area contributed by atoms with Crippen LogP contribution < -0.4 is 9.47 Å². The maximum Gasteiger partial charge on any atom is 0.346 e. The molecule has 0 atom stereocenters. The Morgan fingerprint density at radius 1 is 0.658 bits per heavy atom. The number of unbranched alkanes of at least 4 members (excludes halogenated alkanes) is 10. The van der Waals surface area contributed by atoms with Gasteiger partial charge in [-0.05, 0) is 49.2 Å². The number of carbonyl (C=O) groups excluding carboxylic acids is 3. The summed E-state index contributed by atoms with van der Waals surface area (Å²) in [6, 6.07) is 9.48. The molecular weight excluding hydrogens is 487 g/mol. The van der Waals surface area contributed by atoms with Crippen LogP contribution in [0.3, 0.4) is 0 Å². The lowest BCUT2D eigenvalue weighted by atomic mass is 10.1. The Labute approximate surface area is 225 Å². The highest BCUT2D eigenvalue weighted by Gasteiger charge is 2.17. The molecule has 0 amide bonds. The van der Waals surface area contributed by atoms with Gasteiger partial charge in [0.2, 0.25) is 0 Å². The second-order valence-corrected chi connectivity index (χ2v) is 9.45. The van der Waals surface area contributed by atoms with Gasteiger partial charge in [0, 0.05) is 12.5 Å². The quantitative estimate of drug-likeness (QED) is 0.110. The Balaban J connectivity index is 1.77. The summed E-state index contributed by atoms with van der Waals surface area (Å²) in [6.45, 7) is 4.68. The molecule has 2 aromatic carbocycles. The molecule has 38 heavy (non-hydrogen) atoms. The molecule has 0 saturated heterocycles. The number of hydrogen-bond donors (Lipinski definition) is 0. The van der Waals surface area contributed by atoms with E-state index in [4.69, 9.17) is 14.2 Å². The van der Waals surface area contributed by atoms with Crippen molar-refractivity contribution in [2.24, 2.45) is 0 Å². The summed E-state index contributed by atoms with van der Waals surface area (Å²) in [7, 11) is 0. The molecule has 6 nitrogen and oxygen atoms in total. The molecule has 208 valence electrons. The first-order valence-corrected chi connectivity index (χ1v) is 13.9. The van der Waals surface area contributed by atoms with Gasteiger partial charge < -0.3 is 14.2 Å². The van der Waals surface area contributed by atoms with Crippen LogP contribution in [0, 0.1) is 5.82 Å². The zero-order chi connectivity index (χ0) is 27.6. The normalized spacial score (nSPS) is 10.7. The van der Waals surface area contributed by atoms with Gasteiger partial charge >= 0.3 is 17.9 Å². The van der Waals surface area contributed by atoms with Crippen molar-refractivity contribution >= 4 is 17.9 Å². The summed E-state index contributed by atoms with van der Waals surface area (Å²) in [5, 5.41) is 0. The minimum atomic E-state index is -0.897. The fraction of sp³-hybridized carbons (Fsp3) is 0.516. The zero-order valence-corrected chi connectivity index (χ0v) is 22.8. The van der Waals surface area contributed by atoms with E-state index >= 15 is 0 Å². The molecule has 0 aliphatic heterocycles. The van der Waals surface area contributed by atoms with E-state index in [9.17, 15) is 18.8 Å². The molecule has 2 aromatic rings. The lowest BCUT2D eigenvalue weighted by Crippen LogP contribution is -2.12. The van der Waals surface area contributed by atoms with Crippen LogP contribution in [-0.4, -0.2) is 24.5 Å². The summed E-state index contributed by atoms with van der Waals surface area (Å²) in [4.78, 5) is 36.6. The first-order chi connectivity index (χ1) is 18.4. The van der Waals surface area contributed by atoms with E-state index in [0.717, 1.165) is 51.0 Å². The summed E-state index contributed by atoms with van der Waals surface area (Å²) in [6.07, 6.45) is 13.2. The van der Waals surface area contributed by atoms with Crippen molar-refractivity contribution < 1.29 is 33.0 Å². The average Bonchev–Trinajstić information content (AvgIpc) is 2.90. The van der Waals surface area contributed by atoms with Crippen LogP contribution in [0.15, 0.2) is 42.5 Å². The van der Waals surface area contributed by atoms with Gasteiger partial charge in [0.15, 0.2) is 0 Å². The van der Waals surface area contributed by atoms with Gasteiger partial charge in [-0.2, -0.15) is 0 Å². The zero-order valence-electron chi connectivity index (χ0n) is 22.8. The van der Waals surface area contributed by atoms with E-state index in [1.165, 1.54) is 68.5 Å². The van der Waals surface area contributed by atoms with Crippen molar-refractivity contribution in [2.75, 3.05) is 6.61 Å². The van der Waals surface area contributed by atoms with Crippen molar-refractivity contribution in [1.82, 2.24) is 0 Å². The van der Waals surface area contributed by atoms with Crippen LogP contribution in [-0.2, 0) is 9.53 Å². The fourth-order valence-corrected chi connectivity index (χ4v) is 3.91. The number of carbonyl (C=O) groups is 3. The molecule has 0 fully saturated rings. The molecule has 2 rings (SSSR count). The number of rotatable bonds is 18. The molecule has 0 aliphatic rings. The molecule has 0 heterocycles. The summed E-state index contributed by atoms with van der Waals surface area (Å²) >= 11 is 0. The molecule has 0 aromatic heterocycles. The summed E-state index contributed by atoms with van der Waals surface area (Å²) < 4.78 is 30.2. The minimum Gasteiger partial charge on any atom is -0.462 e. The highest BCUT2D eigenvalue weighted by Crippen LogP contribution is 2.21. The van der Waals surface area contributed by atoms with Crippen LogP contribution in [0.1, 0.15) is 118 Å². The number of halogens is 1. The molecular formula is C31H41FO6. The third kappa shape index (κ3) is 11.9. The third-order valence-electron chi connectivity index (χ3n) is 6.16. The van der Waals surface area contributed by atoms with Gasteiger partial charge in [-0.1, -0.05) is 78.1 Å². The summed E-state index contributed by atoms with van der Waals surface area (Å²) in [5.74, 6) is -2.41. The molecule has 0 aliphatic carbocycles. The fourth-order valence-electron chi connectivity index (χ4n) is 3.91. The van der Waals surface area contributed by atoms with Crippen molar-refractivity contribution in [1.29, 1.82) is 0 Å². The van der Waals surface area contributed by atoms with Crippen LogP contribution >= 0.6 is 0 Å². The number of esters is 3. The first kappa shape index (κ1) is 31.0. The van der Waals surface area contributed by atoms with Crippen molar-refractivity contribution in [3.63, 3.8) is 0 Å². The van der Waals surface area contributed by atoms with Gasteiger partial charge in [-0.3, -0.25) is 4.79 Å². The van der Waals surface area contributed by atoms with Gasteiger partial charge in [-0.25, -0.2) is 14.0 Å². The van der Waals surface area contributed by atoms with Crippen molar-refractivity contribution in [3.05, 3.63) is 59.4 Å². The lowest BCUT2D eigenvalue weighted by Gasteiger charge is -2.09. The monoisotopic (exact) mass is 528 g/mol. The van der Waals surface area contributed by atoms with E-state index in [1.54, 1.807) is 0 Å². The van der Waals surface area contributed by atoms with Crippen LogP contribution in [0.25, 0.3) is 0 Å². The third-order valence-corrected chi connectivity index (χ3v) is 6.16. The van der Waals surface area contributed by atoms with E-state index in [-0.39, 0.29) is 23.5 Å². The Kier molecular flexibility index (Phi) is 14.8. The van der Waals surface area contributed by atoms with Crippen molar-refractivity contribution in [2.45, 2.75) is 97.3 Å². The Morgan fingerprint density at radius 3 is 1.87 bits per heavy atom. The van der Waals surface area contributed by atoms with Crippen LogP contribution in [0.4, 0.5) is 4.39 Å². The Hall–Kier alpha value is -3.22. The number of benzene rings is 2. The second kappa shape index (κ2) is 18.1. The largest absolute Gasteiger partial charge is 0.462 e. The second-order valence-electron chi connectivity index (χ2n) is 9.45. The van der Waals surface area contributed by atoms with Gasteiger partial charge in [0.25, 0.3) is 0 Å². The highest BCUT2D eigenvalue weighted by atomic mass is 19.1. The van der Waals surface area contributed by atoms with Crippen molar-refractivity contribution in [3.8, 4) is 11.5 Å². The predicted octanol–water partition coefficient (Wildman–Crippen LogP) is 8.22. The Bertz CT molecular complexity index is 1000. The average molecular weight is 529 g/mol. The molecule has 0 saturated carbocycles. The van der Waals surface area contributed by atoms with E-state index < -0.39 is 23.7 Å². The van der Waals surface area contributed by atoms with Gasteiger partial charge in [0.1, 0.15) is 17.3 Å². The topological polar surface area (TPSA) is 78.9 Å². The van der Waals surface area contributed by atoms with Crippen LogP contribution in [0.2, 0.25) is 0 Å². The van der Waals surface area contributed by atoms with Crippen LogP contribution in [0.5, 0.6) is 11.5 Å². The van der Waals surface area contributed by atoms with E-state index in [1.807, 2.05) is 0 Å². The van der Waals surface area contributed by atoms with Gasteiger partial charge in [0.05, 0.1) is 17.7 Å².